The summed E-state index contributed by atoms with van der Waals surface area (Å²) < 4.78 is 6.45. The predicted octanol–water partition coefficient (Wildman–Crippen LogP) is 3.14. The van der Waals surface area contributed by atoms with Gasteiger partial charge in [0.05, 0.1) is 13.2 Å². The SMILES string of the molecule is C/C(=C\N1CCOCC1)c1cccc(Br)c1. The van der Waals surface area contributed by atoms with Crippen LogP contribution < -0.4 is 0 Å². The van der Waals surface area contributed by atoms with Crippen LogP contribution in [0.25, 0.3) is 5.57 Å². The Balaban J connectivity index is 2.10. The zero-order chi connectivity index (χ0) is 11.4. The number of ether oxygens (including phenoxy) is 1. The van der Waals surface area contributed by atoms with E-state index in [1.54, 1.807) is 0 Å². The van der Waals surface area contributed by atoms with Crippen molar-refractivity contribution in [2.45, 2.75) is 6.92 Å². The molecule has 1 heterocycles. The molecule has 3 heteroatoms. The maximum Gasteiger partial charge on any atom is 0.0642 e. The largest absolute Gasteiger partial charge is 0.378 e. The summed E-state index contributed by atoms with van der Waals surface area (Å²) in [5, 5.41) is 0. The van der Waals surface area contributed by atoms with Crippen LogP contribution in [0.15, 0.2) is 34.9 Å². The Morgan fingerprint density at radius 2 is 2.12 bits per heavy atom. The van der Waals surface area contributed by atoms with Crippen LogP contribution in [0, 0.1) is 0 Å². The van der Waals surface area contributed by atoms with Crippen LogP contribution in [0.1, 0.15) is 12.5 Å². The Morgan fingerprint density at radius 3 is 2.81 bits per heavy atom. The minimum Gasteiger partial charge on any atom is -0.378 e. The molecule has 86 valence electrons. The van der Waals surface area contributed by atoms with Crippen LogP contribution in [0.5, 0.6) is 0 Å². The summed E-state index contributed by atoms with van der Waals surface area (Å²) in [4.78, 5) is 2.32. The molecule has 0 radical (unpaired) electrons. The quantitative estimate of drug-likeness (QED) is 0.826. The summed E-state index contributed by atoms with van der Waals surface area (Å²) in [6.45, 7) is 5.80. The number of rotatable bonds is 2. The topological polar surface area (TPSA) is 12.5 Å². The fourth-order valence-electron chi connectivity index (χ4n) is 1.79. The van der Waals surface area contributed by atoms with Crippen LogP contribution >= 0.6 is 15.9 Å². The molecule has 16 heavy (non-hydrogen) atoms. The third kappa shape index (κ3) is 3.09. The first-order chi connectivity index (χ1) is 7.75. The molecule has 2 rings (SSSR count). The molecule has 1 aliphatic heterocycles. The number of nitrogens with zero attached hydrogens (tertiary/aromatic N) is 1. The number of morpholine rings is 1. The second-order valence-corrected chi connectivity index (χ2v) is 4.89. The normalized spacial score (nSPS) is 17.6. The standard InChI is InChI=1S/C13H16BrNO/c1-11(10-15-5-7-16-8-6-15)12-3-2-4-13(14)9-12/h2-4,9-10H,5-8H2,1H3/b11-10+. The van der Waals surface area contributed by atoms with Gasteiger partial charge in [0.25, 0.3) is 0 Å². The summed E-state index contributed by atoms with van der Waals surface area (Å²) >= 11 is 3.49. The molecular formula is C13H16BrNO. The van der Waals surface area contributed by atoms with Crippen molar-refractivity contribution in [1.29, 1.82) is 0 Å². The lowest BCUT2D eigenvalue weighted by molar-refractivity contribution is 0.0596. The van der Waals surface area contributed by atoms with Crippen molar-refractivity contribution in [2.24, 2.45) is 0 Å². The van der Waals surface area contributed by atoms with E-state index < -0.39 is 0 Å². The first-order valence-electron chi connectivity index (χ1n) is 5.52. The molecule has 0 saturated carbocycles. The fourth-order valence-corrected chi connectivity index (χ4v) is 2.19. The number of hydrogen-bond donors (Lipinski definition) is 0. The summed E-state index contributed by atoms with van der Waals surface area (Å²) in [5.41, 5.74) is 2.56. The molecule has 0 aromatic heterocycles. The zero-order valence-electron chi connectivity index (χ0n) is 9.45. The van der Waals surface area contributed by atoms with Crippen molar-refractivity contribution in [3.8, 4) is 0 Å². The first-order valence-corrected chi connectivity index (χ1v) is 6.31. The smallest absolute Gasteiger partial charge is 0.0642 e. The Bertz CT molecular complexity index is 383. The van der Waals surface area contributed by atoms with Gasteiger partial charge in [-0.05, 0) is 30.2 Å². The van der Waals surface area contributed by atoms with E-state index in [0.29, 0.717) is 0 Å². The lowest BCUT2D eigenvalue weighted by Gasteiger charge is -2.26. The molecule has 0 aliphatic carbocycles. The molecule has 1 aromatic carbocycles. The molecule has 0 unspecified atom stereocenters. The highest BCUT2D eigenvalue weighted by atomic mass is 79.9. The van der Waals surface area contributed by atoms with E-state index in [0.717, 1.165) is 30.8 Å². The highest BCUT2D eigenvalue weighted by molar-refractivity contribution is 9.10. The molecular weight excluding hydrogens is 266 g/mol. The summed E-state index contributed by atoms with van der Waals surface area (Å²) in [5.74, 6) is 0. The lowest BCUT2D eigenvalue weighted by Crippen LogP contribution is -2.32. The predicted molar refractivity (Wildman–Crippen MR) is 70.2 cm³/mol. The van der Waals surface area contributed by atoms with Crippen molar-refractivity contribution >= 4 is 21.5 Å². The monoisotopic (exact) mass is 281 g/mol. The van der Waals surface area contributed by atoms with E-state index in [2.05, 4.69) is 52.2 Å². The average molecular weight is 282 g/mol. The van der Waals surface area contributed by atoms with Gasteiger partial charge in [-0.25, -0.2) is 0 Å². The van der Waals surface area contributed by atoms with Gasteiger partial charge in [-0.2, -0.15) is 0 Å². The van der Waals surface area contributed by atoms with Crippen LogP contribution in [0.3, 0.4) is 0 Å². The van der Waals surface area contributed by atoms with Crippen molar-refractivity contribution in [1.82, 2.24) is 4.90 Å². The maximum atomic E-state index is 5.33. The average Bonchev–Trinajstić information content (AvgIpc) is 2.30. The van der Waals surface area contributed by atoms with Gasteiger partial charge < -0.3 is 9.64 Å². The lowest BCUT2D eigenvalue weighted by atomic mass is 10.1. The Hall–Kier alpha value is -0.800. The Morgan fingerprint density at radius 1 is 1.38 bits per heavy atom. The second-order valence-electron chi connectivity index (χ2n) is 3.97. The number of benzene rings is 1. The number of hydrogen-bond acceptors (Lipinski definition) is 2. The van der Waals surface area contributed by atoms with Gasteiger partial charge in [-0.15, -0.1) is 0 Å². The Labute approximate surface area is 105 Å². The summed E-state index contributed by atoms with van der Waals surface area (Å²) in [6.07, 6.45) is 2.23. The van der Waals surface area contributed by atoms with E-state index in [-0.39, 0.29) is 0 Å². The maximum absolute atomic E-state index is 5.33. The molecule has 0 bridgehead atoms. The van der Waals surface area contributed by atoms with E-state index in [4.69, 9.17) is 4.74 Å². The van der Waals surface area contributed by atoms with Crippen molar-refractivity contribution in [3.63, 3.8) is 0 Å². The van der Waals surface area contributed by atoms with Crippen LogP contribution in [-0.2, 0) is 4.74 Å². The van der Waals surface area contributed by atoms with E-state index in [1.807, 2.05) is 6.07 Å². The molecule has 1 aromatic rings. The van der Waals surface area contributed by atoms with Gasteiger partial charge in [0.2, 0.25) is 0 Å². The van der Waals surface area contributed by atoms with Crippen LogP contribution in [-0.4, -0.2) is 31.2 Å². The molecule has 0 amide bonds. The van der Waals surface area contributed by atoms with Gasteiger partial charge in [0.15, 0.2) is 0 Å². The molecule has 0 N–H and O–H groups in total. The molecule has 0 atom stereocenters. The van der Waals surface area contributed by atoms with Gasteiger partial charge >= 0.3 is 0 Å². The zero-order valence-corrected chi connectivity index (χ0v) is 11.0. The number of halogens is 1. The van der Waals surface area contributed by atoms with Gasteiger partial charge in [0, 0.05) is 23.8 Å². The van der Waals surface area contributed by atoms with Gasteiger partial charge in [-0.3, -0.25) is 0 Å². The van der Waals surface area contributed by atoms with Gasteiger partial charge in [0.1, 0.15) is 0 Å². The molecule has 1 aliphatic rings. The minimum absolute atomic E-state index is 0.836. The first kappa shape index (κ1) is 11.7. The highest BCUT2D eigenvalue weighted by Crippen LogP contribution is 2.19. The minimum atomic E-state index is 0.836. The third-order valence-electron chi connectivity index (χ3n) is 2.70. The van der Waals surface area contributed by atoms with Crippen molar-refractivity contribution in [2.75, 3.05) is 26.3 Å². The van der Waals surface area contributed by atoms with E-state index in [9.17, 15) is 0 Å². The fraction of sp³-hybridized carbons (Fsp3) is 0.385. The molecule has 1 saturated heterocycles. The molecule has 0 spiro atoms. The van der Waals surface area contributed by atoms with Gasteiger partial charge in [-0.1, -0.05) is 28.1 Å². The highest BCUT2D eigenvalue weighted by Gasteiger charge is 2.07. The van der Waals surface area contributed by atoms with Crippen molar-refractivity contribution < 1.29 is 4.74 Å². The van der Waals surface area contributed by atoms with E-state index in [1.165, 1.54) is 11.1 Å². The van der Waals surface area contributed by atoms with Crippen LogP contribution in [0.4, 0.5) is 0 Å². The third-order valence-corrected chi connectivity index (χ3v) is 3.20. The van der Waals surface area contributed by atoms with Crippen molar-refractivity contribution in [3.05, 3.63) is 40.5 Å². The number of allylic oxidation sites excluding steroid dienone is 1. The Kier molecular flexibility index (Phi) is 4.02. The molecule has 2 nitrogen and oxygen atoms in total. The van der Waals surface area contributed by atoms with Crippen LogP contribution in [0.2, 0.25) is 0 Å². The second kappa shape index (κ2) is 5.51. The summed E-state index contributed by atoms with van der Waals surface area (Å²) in [6, 6.07) is 8.39. The molecule has 1 fully saturated rings. The summed E-state index contributed by atoms with van der Waals surface area (Å²) in [7, 11) is 0. The van der Waals surface area contributed by atoms with E-state index >= 15 is 0 Å².